The van der Waals surface area contributed by atoms with Crippen LogP contribution in [0.5, 0.6) is 0 Å². The molecule has 8 heteroatoms. The van der Waals surface area contributed by atoms with E-state index in [1.165, 1.54) is 18.2 Å². The van der Waals surface area contributed by atoms with Crippen molar-refractivity contribution in [3.05, 3.63) is 59.7 Å². The number of hydrogen-bond acceptors (Lipinski definition) is 4. The van der Waals surface area contributed by atoms with Gasteiger partial charge in [0.05, 0.1) is 10.6 Å². The molecule has 2 aromatic rings. The smallest absolute Gasteiger partial charge is 0.341 e. The van der Waals surface area contributed by atoms with E-state index in [-0.39, 0.29) is 22.4 Å². The number of piperidine rings is 1. The molecule has 1 aliphatic rings. The number of amides is 1. The van der Waals surface area contributed by atoms with Crippen molar-refractivity contribution in [2.75, 3.05) is 18.0 Å². The Balaban J connectivity index is 1.61. The van der Waals surface area contributed by atoms with E-state index >= 15 is 0 Å². The van der Waals surface area contributed by atoms with Crippen LogP contribution in [0.1, 0.15) is 24.0 Å². The third-order valence-electron chi connectivity index (χ3n) is 5.20. The number of alkyl halides is 2. The van der Waals surface area contributed by atoms with Crippen molar-refractivity contribution in [1.82, 2.24) is 5.32 Å². The van der Waals surface area contributed by atoms with Gasteiger partial charge in [-0.1, -0.05) is 42.0 Å². The summed E-state index contributed by atoms with van der Waals surface area (Å²) in [5.41, 5.74) is 2.44. The Kier molecular flexibility index (Phi) is 6.52. The van der Waals surface area contributed by atoms with E-state index in [0.717, 1.165) is 11.1 Å². The Morgan fingerprint density at radius 1 is 1.10 bits per heavy atom. The van der Waals surface area contributed by atoms with E-state index in [9.17, 15) is 22.0 Å². The first-order valence-corrected chi connectivity index (χ1v) is 11.0. The van der Waals surface area contributed by atoms with Crippen LogP contribution in [-0.4, -0.2) is 33.2 Å². The van der Waals surface area contributed by atoms with Gasteiger partial charge in [-0.05, 0) is 37.5 Å². The molecule has 3 rings (SSSR count). The lowest BCUT2D eigenvalue weighted by atomic mass is 9.95. The second-order valence-corrected chi connectivity index (χ2v) is 9.12. The number of anilines is 1. The van der Waals surface area contributed by atoms with E-state index in [1.54, 1.807) is 11.0 Å². The Morgan fingerprint density at radius 2 is 1.72 bits per heavy atom. The number of halogens is 2. The number of nitrogens with zero attached hydrogens (tertiary/aromatic N) is 1. The molecule has 0 radical (unpaired) electrons. The van der Waals surface area contributed by atoms with Gasteiger partial charge < -0.3 is 10.2 Å². The number of carbonyl (C=O) groups excluding carboxylic acids is 1. The van der Waals surface area contributed by atoms with Crippen molar-refractivity contribution in [2.45, 2.75) is 37.0 Å². The molecule has 1 saturated heterocycles. The predicted octanol–water partition coefficient (Wildman–Crippen LogP) is 3.52. The Morgan fingerprint density at radius 3 is 2.34 bits per heavy atom. The van der Waals surface area contributed by atoms with Crippen LogP contribution >= 0.6 is 0 Å². The molecule has 5 nitrogen and oxygen atoms in total. The van der Waals surface area contributed by atoms with E-state index in [0.29, 0.717) is 32.5 Å². The number of aryl methyl sites for hydroxylation is 1. The van der Waals surface area contributed by atoms with Crippen LogP contribution in [0.3, 0.4) is 0 Å². The van der Waals surface area contributed by atoms with Gasteiger partial charge in [0.25, 0.3) is 0 Å². The number of hydrogen-bond donors (Lipinski definition) is 1. The molecule has 1 fully saturated rings. The minimum atomic E-state index is -4.68. The average molecular weight is 422 g/mol. The molecule has 0 saturated carbocycles. The molecular formula is C21H24F2N2O3S. The molecule has 29 heavy (non-hydrogen) atoms. The molecule has 1 aliphatic heterocycles. The second kappa shape index (κ2) is 8.90. The lowest BCUT2D eigenvalue weighted by molar-refractivity contribution is -0.125. The van der Waals surface area contributed by atoms with Crippen molar-refractivity contribution < 1.29 is 22.0 Å². The highest BCUT2D eigenvalue weighted by Crippen LogP contribution is 2.32. The maximum Gasteiger partial charge on any atom is 0.341 e. The zero-order chi connectivity index (χ0) is 21.0. The minimum absolute atomic E-state index is 0.0429. The fraction of sp³-hybridized carbons (Fsp3) is 0.381. The first kappa shape index (κ1) is 21.2. The Labute approximate surface area is 169 Å². The standard InChI is InChI=1S/C21H24F2N2O3S/c1-15-6-8-16(9-7-15)14-24-20(26)17-10-12-25(13-11-17)18-4-2-3-5-19(18)29(27,28)21(22)23/h2-9,17,21H,10-14H2,1H3,(H,24,26). The van der Waals surface area contributed by atoms with Crippen LogP contribution in [0.15, 0.2) is 53.4 Å². The van der Waals surface area contributed by atoms with Crippen LogP contribution in [-0.2, 0) is 21.2 Å². The van der Waals surface area contributed by atoms with Gasteiger partial charge in [0.1, 0.15) is 0 Å². The molecular weight excluding hydrogens is 398 g/mol. The maximum absolute atomic E-state index is 13.0. The van der Waals surface area contributed by atoms with E-state index in [1.807, 2.05) is 31.2 Å². The molecule has 0 spiro atoms. The van der Waals surface area contributed by atoms with Gasteiger partial charge >= 0.3 is 5.76 Å². The van der Waals surface area contributed by atoms with Gasteiger partial charge in [-0.2, -0.15) is 8.78 Å². The maximum atomic E-state index is 13.0. The highest BCUT2D eigenvalue weighted by molar-refractivity contribution is 7.91. The predicted molar refractivity (Wildman–Crippen MR) is 108 cm³/mol. The summed E-state index contributed by atoms with van der Waals surface area (Å²) in [5.74, 6) is -3.69. The summed E-state index contributed by atoms with van der Waals surface area (Å²) < 4.78 is 49.9. The van der Waals surface area contributed by atoms with Gasteiger partial charge in [-0.3, -0.25) is 4.79 Å². The van der Waals surface area contributed by atoms with Crippen molar-refractivity contribution >= 4 is 21.4 Å². The largest absolute Gasteiger partial charge is 0.370 e. The summed E-state index contributed by atoms with van der Waals surface area (Å²) in [6.07, 6.45) is 1.06. The van der Waals surface area contributed by atoms with Crippen LogP contribution in [0.25, 0.3) is 0 Å². The van der Waals surface area contributed by atoms with Crippen LogP contribution in [0, 0.1) is 12.8 Å². The third-order valence-corrected chi connectivity index (χ3v) is 6.63. The van der Waals surface area contributed by atoms with Crippen molar-refractivity contribution in [1.29, 1.82) is 0 Å². The lowest BCUT2D eigenvalue weighted by Crippen LogP contribution is -2.40. The monoisotopic (exact) mass is 422 g/mol. The summed E-state index contributed by atoms with van der Waals surface area (Å²) in [6.45, 7) is 3.31. The van der Waals surface area contributed by atoms with Gasteiger partial charge in [0, 0.05) is 25.6 Å². The molecule has 0 aliphatic carbocycles. The molecule has 0 atom stereocenters. The summed E-state index contributed by atoms with van der Waals surface area (Å²) in [6, 6.07) is 13.7. The highest BCUT2D eigenvalue weighted by atomic mass is 32.2. The molecule has 156 valence electrons. The zero-order valence-corrected chi connectivity index (χ0v) is 17.0. The first-order chi connectivity index (χ1) is 13.8. The number of rotatable bonds is 6. The second-order valence-electron chi connectivity index (χ2n) is 7.24. The molecule has 0 unspecified atom stereocenters. The van der Waals surface area contributed by atoms with Crippen LogP contribution < -0.4 is 10.2 Å². The molecule has 1 amide bonds. The van der Waals surface area contributed by atoms with Crippen molar-refractivity contribution in [2.24, 2.45) is 5.92 Å². The van der Waals surface area contributed by atoms with Gasteiger partial charge in [-0.15, -0.1) is 0 Å². The van der Waals surface area contributed by atoms with Crippen molar-refractivity contribution in [3.63, 3.8) is 0 Å². The molecule has 0 aromatic heterocycles. The zero-order valence-electron chi connectivity index (χ0n) is 16.1. The lowest BCUT2D eigenvalue weighted by Gasteiger charge is -2.34. The Bertz CT molecular complexity index is 954. The summed E-state index contributed by atoms with van der Waals surface area (Å²) in [7, 11) is -4.68. The molecule has 1 heterocycles. The summed E-state index contributed by atoms with van der Waals surface area (Å²) >= 11 is 0. The van der Waals surface area contributed by atoms with Crippen LogP contribution in [0.2, 0.25) is 0 Å². The fourth-order valence-corrected chi connectivity index (χ4v) is 4.43. The quantitative estimate of drug-likeness (QED) is 0.774. The van der Waals surface area contributed by atoms with Crippen LogP contribution in [0.4, 0.5) is 14.5 Å². The van der Waals surface area contributed by atoms with Gasteiger partial charge in [0.2, 0.25) is 15.7 Å². The number of benzene rings is 2. The summed E-state index contributed by atoms with van der Waals surface area (Å²) in [4.78, 5) is 13.9. The number of sulfone groups is 1. The van der Waals surface area contributed by atoms with E-state index in [4.69, 9.17) is 0 Å². The minimum Gasteiger partial charge on any atom is -0.370 e. The van der Waals surface area contributed by atoms with Gasteiger partial charge in [-0.25, -0.2) is 8.42 Å². The van der Waals surface area contributed by atoms with Crippen molar-refractivity contribution in [3.8, 4) is 0 Å². The molecule has 2 aromatic carbocycles. The highest BCUT2D eigenvalue weighted by Gasteiger charge is 2.32. The Hall–Kier alpha value is -2.48. The number of carbonyl (C=O) groups is 1. The van der Waals surface area contributed by atoms with E-state index in [2.05, 4.69) is 5.32 Å². The summed E-state index contributed by atoms with van der Waals surface area (Å²) in [5, 5.41) is 2.94. The third kappa shape index (κ3) is 4.93. The average Bonchev–Trinajstić information content (AvgIpc) is 2.73. The molecule has 0 bridgehead atoms. The SMILES string of the molecule is Cc1ccc(CNC(=O)C2CCN(c3ccccc3S(=O)(=O)C(F)F)CC2)cc1. The number of para-hydroxylation sites is 1. The van der Waals surface area contributed by atoms with E-state index < -0.39 is 15.6 Å². The first-order valence-electron chi connectivity index (χ1n) is 9.48. The normalized spacial score (nSPS) is 15.5. The fourth-order valence-electron chi connectivity index (χ4n) is 3.48. The molecule has 1 N–H and O–H groups in total. The number of nitrogens with one attached hydrogen (secondary N) is 1. The van der Waals surface area contributed by atoms with Gasteiger partial charge in [0.15, 0.2) is 0 Å². The topological polar surface area (TPSA) is 66.5 Å².